The molecule has 2 aromatic heterocycles. The van der Waals surface area contributed by atoms with E-state index in [0.29, 0.717) is 12.1 Å². The van der Waals surface area contributed by atoms with Crippen LogP contribution in [0.1, 0.15) is 17.6 Å². The van der Waals surface area contributed by atoms with E-state index in [9.17, 15) is 5.11 Å². The van der Waals surface area contributed by atoms with Gasteiger partial charge in [0.15, 0.2) is 0 Å². The van der Waals surface area contributed by atoms with Crippen LogP contribution in [-0.2, 0) is 13.5 Å². The van der Waals surface area contributed by atoms with E-state index in [1.54, 1.807) is 6.20 Å². The van der Waals surface area contributed by atoms with Crippen LogP contribution in [0.2, 0.25) is 0 Å². The van der Waals surface area contributed by atoms with Crippen LogP contribution < -0.4 is 0 Å². The summed E-state index contributed by atoms with van der Waals surface area (Å²) < 4.78 is 2.82. The highest BCUT2D eigenvalue weighted by atomic mass is 79.9. The SMILES string of the molecule is Cn1c(CC(O)c2ncccc2Br)nc2ccccc21. The molecule has 0 saturated heterocycles. The Hall–Kier alpha value is -1.72. The van der Waals surface area contributed by atoms with E-state index in [0.717, 1.165) is 21.3 Å². The molecule has 20 heavy (non-hydrogen) atoms. The molecule has 0 aliphatic rings. The van der Waals surface area contributed by atoms with Crippen LogP contribution in [0.4, 0.5) is 0 Å². The van der Waals surface area contributed by atoms with Gasteiger partial charge in [0.2, 0.25) is 0 Å². The second kappa shape index (κ2) is 5.34. The number of aliphatic hydroxyl groups is 1. The highest BCUT2D eigenvalue weighted by Crippen LogP contribution is 2.24. The molecule has 2 heterocycles. The molecule has 1 atom stereocenters. The maximum Gasteiger partial charge on any atom is 0.112 e. The molecule has 5 heteroatoms. The molecule has 0 fully saturated rings. The lowest BCUT2D eigenvalue weighted by atomic mass is 10.1. The fourth-order valence-corrected chi connectivity index (χ4v) is 2.81. The van der Waals surface area contributed by atoms with Crippen LogP contribution in [0.5, 0.6) is 0 Å². The number of fused-ring (bicyclic) bond motifs is 1. The molecule has 4 nitrogen and oxygen atoms in total. The van der Waals surface area contributed by atoms with Crippen LogP contribution >= 0.6 is 15.9 Å². The molecule has 102 valence electrons. The van der Waals surface area contributed by atoms with Crippen LogP contribution in [0.25, 0.3) is 11.0 Å². The van der Waals surface area contributed by atoms with Gasteiger partial charge >= 0.3 is 0 Å². The molecule has 0 aliphatic carbocycles. The Labute approximate surface area is 125 Å². The number of aromatic nitrogens is 3. The molecule has 3 rings (SSSR count). The Morgan fingerprint density at radius 1 is 1.25 bits per heavy atom. The quantitative estimate of drug-likeness (QED) is 0.802. The average Bonchev–Trinajstić information content (AvgIpc) is 2.76. The van der Waals surface area contributed by atoms with E-state index in [1.807, 2.05) is 48.0 Å². The van der Waals surface area contributed by atoms with Gasteiger partial charge in [0.1, 0.15) is 11.9 Å². The molecule has 0 saturated carbocycles. The Bertz CT molecular complexity index is 754. The Kier molecular flexibility index (Phi) is 3.54. The summed E-state index contributed by atoms with van der Waals surface area (Å²) in [6.07, 6.45) is 1.43. The molecule has 0 aliphatic heterocycles. The number of imidazole rings is 1. The summed E-state index contributed by atoms with van der Waals surface area (Å²) in [4.78, 5) is 8.79. The molecular weight excluding hydrogens is 318 g/mol. The minimum absolute atomic E-state index is 0.431. The van der Waals surface area contributed by atoms with Gasteiger partial charge < -0.3 is 9.67 Å². The van der Waals surface area contributed by atoms with Crippen molar-refractivity contribution in [1.29, 1.82) is 0 Å². The molecule has 3 aromatic rings. The average molecular weight is 332 g/mol. The minimum atomic E-state index is -0.680. The van der Waals surface area contributed by atoms with Gasteiger partial charge in [-0.3, -0.25) is 4.98 Å². The number of benzene rings is 1. The lowest BCUT2D eigenvalue weighted by molar-refractivity contribution is 0.169. The number of hydrogen-bond acceptors (Lipinski definition) is 3. The van der Waals surface area contributed by atoms with E-state index < -0.39 is 6.10 Å². The first-order valence-corrected chi connectivity index (χ1v) is 7.15. The van der Waals surface area contributed by atoms with E-state index in [4.69, 9.17) is 0 Å². The van der Waals surface area contributed by atoms with Gasteiger partial charge in [-0.1, -0.05) is 12.1 Å². The van der Waals surface area contributed by atoms with E-state index >= 15 is 0 Å². The predicted octanol–water partition coefficient (Wildman–Crippen LogP) is 3.01. The molecule has 0 amide bonds. The summed E-state index contributed by atoms with van der Waals surface area (Å²) in [5.74, 6) is 0.844. The van der Waals surface area contributed by atoms with Crippen molar-refractivity contribution in [2.75, 3.05) is 0 Å². The maximum absolute atomic E-state index is 10.4. The van der Waals surface area contributed by atoms with Crippen LogP contribution in [0, 0.1) is 0 Å². The third-order valence-corrected chi connectivity index (χ3v) is 4.03. The summed E-state index contributed by atoms with van der Waals surface area (Å²) in [5, 5.41) is 10.4. The van der Waals surface area contributed by atoms with Crippen LogP contribution in [0.3, 0.4) is 0 Å². The fraction of sp³-hybridized carbons (Fsp3) is 0.200. The van der Waals surface area contributed by atoms with Crippen molar-refractivity contribution in [3.63, 3.8) is 0 Å². The molecule has 0 spiro atoms. The van der Waals surface area contributed by atoms with E-state index in [2.05, 4.69) is 25.9 Å². The maximum atomic E-state index is 10.4. The van der Waals surface area contributed by atoms with Gasteiger partial charge in [-0.25, -0.2) is 4.98 Å². The van der Waals surface area contributed by atoms with Gasteiger partial charge in [0.25, 0.3) is 0 Å². The monoisotopic (exact) mass is 331 g/mol. The van der Waals surface area contributed by atoms with Crippen molar-refractivity contribution >= 4 is 27.0 Å². The van der Waals surface area contributed by atoms with Crippen LogP contribution in [-0.4, -0.2) is 19.6 Å². The number of pyridine rings is 1. The minimum Gasteiger partial charge on any atom is -0.386 e. The largest absolute Gasteiger partial charge is 0.386 e. The number of aliphatic hydroxyl groups excluding tert-OH is 1. The van der Waals surface area contributed by atoms with Crippen molar-refractivity contribution in [1.82, 2.24) is 14.5 Å². The summed E-state index contributed by atoms with van der Waals surface area (Å²) in [6.45, 7) is 0. The normalized spacial score (nSPS) is 12.8. The Morgan fingerprint density at radius 2 is 2.05 bits per heavy atom. The molecule has 1 aromatic carbocycles. The van der Waals surface area contributed by atoms with Gasteiger partial charge in [-0.2, -0.15) is 0 Å². The summed E-state index contributed by atoms with van der Waals surface area (Å²) in [7, 11) is 1.96. The van der Waals surface area contributed by atoms with Gasteiger partial charge in [0.05, 0.1) is 16.7 Å². The van der Waals surface area contributed by atoms with Crippen molar-refractivity contribution in [3.8, 4) is 0 Å². The number of halogens is 1. The van der Waals surface area contributed by atoms with Crippen LogP contribution in [0.15, 0.2) is 47.1 Å². The van der Waals surface area contributed by atoms with Crippen molar-refractivity contribution < 1.29 is 5.11 Å². The third kappa shape index (κ3) is 2.34. The number of rotatable bonds is 3. The molecule has 0 bridgehead atoms. The number of para-hydroxylation sites is 2. The number of aryl methyl sites for hydroxylation is 1. The Morgan fingerprint density at radius 3 is 2.80 bits per heavy atom. The molecule has 0 radical (unpaired) electrons. The summed E-state index contributed by atoms with van der Waals surface area (Å²) in [5.41, 5.74) is 2.65. The number of hydrogen-bond donors (Lipinski definition) is 1. The van der Waals surface area contributed by atoms with Gasteiger partial charge in [0, 0.05) is 24.1 Å². The Balaban J connectivity index is 1.93. The van der Waals surface area contributed by atoms with Gasteiger partial charge in [-0.15, -0.1) is 0 Å². The number of nitrogens with zero attached hydrogens (tertiary/aromatic N) is 3. The zero-order valence-corrected chi connectivity index (χ0v) is 12.6. The topological polar surface area (TPSA) is 50.9 Å². The first-order valence-electron chi connectivity index (χ1n) is 6.35. The van der Waals surface area contributed by atoms with Crippen molar-refractivity contribution in [2.24, 2.45) is 7.05 Å². The van der Waals surface area contributed by atoms with Crippen molar-refractivity contribution in [2.45, 2.75) is 12.5 Å². The van der Waals surface area contributed by atoms with Gasteiger partial charge in [-0.05, 0) is 40.2 Å². The van der Waals surface area contributed by atoms with Crippen molar-refractivity contribution in [3.05, 3.63) is 58.6 Å². The molecule has 1 N–H and O–H groups in total. The van der Waals surface area contributed by atoms with E-state index in [1.165, 1.54) is 0 Å². The highest BCUT2D eigenvalue weighted by molar-refractivity contribution is 9.10. The second-order valence-corrected chi connectivity index (χ2v) is 5.52. The fourth-order valence-electron chi connectivity index (χ4n) is 2.29. The smallest absolute Gasteiger partial charge is 0.112 e. The molecule has 1 unspecified atom stereocenters. The molecular formula is C15H14BrN3O. The highest BCUT2D eigenvalue weighted by Gasteiger charge is 2.17. The first kappa shape index (κ1) is 13.3. The zero-order chi connectivity index (χ0) is 14.1. The lowest BCUT2D eigenvalue weighted by Gasteiger charge is -2.11. The van der Waals surface area contributed by atoms with E-state index in [-0.39, 0.29) is 0 Å². The predicted molar refractivity (Wildman–Crippen MR) is 81.3 cm³/mol. The zero-order valence-electron chi connectivity index (χ0n) is 11.0. The first-order chi connectivity index (χ1) is 9.66. The second-order valence-electron chi connectivity index (χ2n) is 4.67. The summed E-state index contributed by atoms with van der Waals surface area (Å²) >= 11 is 3.41. The summed E-state index contributed by atoms with van der Waals surface area (Å²) in [6, 6.07) is 11.6. The standard InChI is InChI=1S/C15H14BrN3O/c1-19-12-7-3-2-6-11(12)18-14(19)9-13(20)15-10(16)5-4-8-17-15/h2-8,13,20H,9H2,1H3. The lowest BCUT2D eigenvalue weighted by Crippen LogP contribution is -2.09. The third-order valence-electron chi connectivity index (χ3n) is 3.36.